The van der Waals surface area contributed by atoms with E-state index in [0.29, 0.717) is 11.1 Å². The number of pyridine rings is 1. The lowest BCUT2D eigenvalue weighted by Crippen LogP contribution is -2.39. The fourth-order valence-corrected chi connectivity index (χ4v) is 2.22. The Labute approximate surface area is 110 Å². The molecule has 0 spiro atoms. The third-order valence-corrected chi connectivity index (χ3v) is 3.51. The number of nitrogens with one attached hydrogen (secondary N) is 1. The minimum Gasteiger partial charge on any atom is -0.504 e. The van der Waals surface area contributed by atoms with Gasteiger partial charge in [0.05, 0.1) is 18.9 Å². The van der Waals surface area contributed by atoms with Crippen molar-refractivity contribution in [3.63, 3.8) is 0 Å². The van der Waals surface area contributed by atoms with E-state index in [0.717, 1.165) is 19.3 Å². The third kappa shape index (κ3) is 1.89. The molecular formula is C13H15N3O3. The number of ether oxygens (including phenoxy) is 1. The average molecular weight is 261 g/mol. The zero-order valence-electron chi connectivity index (χ0n) is 10.6. The second-order valence-electron chi connectivity index (χ2n) is 4.69. The molecule has 2 N–H and O–H groups in total. The van der Waals surface area contributed by atoms with Crippen molar-refractivity contribution in [1.29, 1.82) is 0 Å². The van der Waals surface area contributed by atoms with E-state index in [1.807, 2.05) is 0 Å². The molecule has 6 nitrogen and oxygen atoms in total. The second-order valence-corrected chi connectivity index (χ2v) is 4.69. The van der Waals surface area contributed by atoms with Crippen molar-refractivity contribution in [1.82, 2.24) is 14.9 Å². The minimum absolute atomic E-state index is 0.00630. The van der Waals surface area contributed by atoms with Gasteiger partial charge in [-0.3, -0.25) is 4.79 Å². The van der Waals surface area contributed by atoms with E-state index in [2.05, 4.69) is 10.4 Å². The summed E-state index contributed by atoms with van der Waals surface area (Å²) in [5, 5.41) is 16.8. The molecule has 100 valence electrons. The molecule has 1 saturated carbocycles. The van der Waals surface area contributed by atoms with E-state index >= 15 is 0 Å². The van der Waals surface area contributed by atoms with Crippen LogP contribution in [0.25, 0.3) is 5.52 Å². The van der Waals surface area contributed by atoms with Crippen LogP contribution in [0, 0.1) is 0 Å². The van der Waals surface area contributed by atoms with Gasteiger partial charge in [0.15, 0.2) is 11.5 Å². The van der Waals surface area contributed by atoms with Gasteiger partial charge in [-0.25, -0.2) is 4.52 Å². The molecule has 1 aliphatic carbocycles. The number of fused-ring (bicyclic) bond motifs is 1. The molecule has 0 unspecified atom stereocenters. The number of carbonyl (C=O) groups excluding carboxylic acids is 1. The van der Waals surface area contributed by atoms with Crippen LogP contribution in [0.2, 0.25) is 0 Å². The maximum atomic E-state index is 12.2. The van der Waals surface area contributed by atoms with Crippen LogP contribution in [-0.4, -0.2) is 33.8 Å². The monoisotopic (exact) mass is 261 g/mol. The Morgan fingerprint density at radius 1 is 1.58 bits per heavy atom. The summed E-state index contributed by atoms with van der Waals surface area (Å²) in [4.78, 5) is 12.2. The molecular weight excluding hydrogens is 246 g/mol. The highest BCUT2D eigenvalue weighted by Crippen LogP contribution is 2.32. The van der Waals surface area contributed by atoms with Gasteiger partial charge in [-0.05, 0) is 19.3 Å². The highest BCUT2D eigenvalue weighted by atomic mass is 16.5. The number of carbonyl (C=O) groups is 1. The molecule has 2 heterocycles. The van der Waals surface area contributed by atoms with Crippen molar-refractivity contribution in [3.05, 3.63) is 24.0 Å². The van der Waals surface area contributed by atoms with Gasteiger partial charge in [-0.2, -0.15) is 5.10 Å². The molecule has 0 bridgehead atoms. The Morgan fingerprint density at radius 2 is 2.37 bits per heavy atom. The van der Waals surface area contributed by atoms with Crippen molar-refractivity contribution < 1.29 is 14.6 Å². The lowest BCUT2D eigenvalue weighted by molar-refractivity contribution is 0.0918. The van der Waals surface area contributed by atoms with Crippen LogP contribution in [0.15, 0.2) is 18.5 Å². The second kappa shape index (κ2) is 4.46. The average Bonchev–Trinajstić information content (AvgIpc) is 2.77. The van der Waals surface area contributed by atoms with Crippen LogP contribution >= 0.6 is 0 Å². The Bertz CT molecular complexity index is 631. The molecule has 6 heteroatoms. The van der Waals surface area contributed by atoms with Crippen LogP contribution in [0.5, 0.6) is 11.5 Å². The van der Waals surface area contributed by atoms with Crippen molar-refractivity contribution in [2.75, 3.05) is 7.11 Å². The summed E-state index contributed by atoms with van der Waals surface area (Å²) in [6.45, 7) is 0. The van der Waals surface area contributed by atoms with Gasteiger partial charge >= 0.3 is 0 Å². The minimum atomic E-state index is -0.177. The van der Waals surface area contributed by atoms with Crippen molar-refractivity contribution in [2.24, 2.45) is 0 Å². The molecule has 2 aromatic rings. The summed E-state index contributed by atoms with van der Waals surface area (Å²) < 4.78 is 6.68. The molecule has 0 atom stereocenters. The maximum Gasteiger partial charge on any atom is 0.255 e. The van der Waals surface area contributed by atoms with Gasteiger partial charge < -0.3 is 15.2 Å². The van der Waals surface area contributed by atoms with Gasteiger partial charge in [0.1, 0.15) is 5.52 Å². The van der Waals surface area contributed by atoms with Crippen molar-refractivity contribution >= 4 is 11.4 Å². The van der Waals surface area contributed by atoms with E-state index in [4.69, 9.17) is 4.74 Å². The van der Waals surface area contributed by atoms with E-state index in [9.17, 15) is 9.90 Å². The third-order valence-electron chi connectivity index (χ3n) is 3.51. The Balaban J connectivity index is 2.02. The van der Waals surface area contributed by atoms with Crippen molar-refractivity contribution in [3.8, 4) is 11.5 Å². The number of aromatic hydroxyl groups is 1. The molecule has 0 radical (unpaired) electrons. The number of rotatable bonds is 3. The highest BCUT2D eigenvalue weighted by Gasteiger charge is 2.24. The number of hydrogen-bond donors (Lipinski definition) is 2. The Kier molecular flexibility index (Phi) is 2.77. The molecule has 3 rings (SSSR count). The number of nitrogens with zero attached hydrogens (tertiary/aromatic N) is 2. The van der Waals surface area contributed by atoms with Crippen LogP contribution < -0.4 is 10.1 Å². The van der Waals surface area contributed by atoms with Crippen LogP contribution in [0.4, 0.5) is 0 Å². The number of methoxy groups -OCH3 is 1. The molecule has 0 aromatic carbocycles. The van der Waals surface area contributed by atoms with Gasteiger partial charge in [-0.1, -0.05) is 0 Å². The summed E-state index contributed by atoms with van der Waals surface area (Å²) >= 11 is 0. The Morgan fingerprint density at radius 3 is 3.00 bits per heavy atom. The molecule has 1 aliphatic rings. The van der Waals surface area contributed by atoms with E-state index in [1.165, 1.54) is 23.9 Å². The number of aromatic nitrogens is 2. The normalized spacial score (nSPS) is 15.2. The summed E-state index contributed by atoms with van der Waals surface area (Å²) in [6, 6.07) is 1.73. The molecule has 2 aromatic heterocycles. The smallest absolute Gasteiger partial charge is 0.255 e. The van der Waals surface area contributed by atoms with E-state index < -0.39 is 0 Å². The van der Waals surface area contributed by atoms with E-state index in [-0.39, 0.29) is 23.4 Å². The Hall–Kier alpha value is -2.24. The van der Waals surface area contributed by atoms with Crippen LogP contribution in [0.1, 0.15) is 29.6 Å². The quantitative estimate of drug-likeness (QED) is 0.874. The first-order valence-corrected chi connectivity index (χ1v) is 6.25. The van der Waals surface area contributed by atoms with Gasteiger partial charge in [0.25, 0.3) is 5.91 Å². The lowest BCUT2D eigenvalue weighted by atomic mass is 9.93. The predicted octanol–water partition coefficient (Wildman–Crippen LogP) is 1.33. The predicted molar refractivity (Wildman–Crippen MR) is 68.5 cm³/mol. The highest BCUT2D eigenvalue weighted by molar-refractivity contribution is 6.02. The molecule has 0 saturated heterocycles. The number of hydrogen-bond acceptors (Lipinski definition) is 4. The summed E-state index contributed by atoms with van der Waals surface area (Å²) in [5.41, 5.74) is 0.902. The van der Waals surface area contributed by atoms with Crippen molar-refractivity contribution in [2.45, 2.75) is 25.3 Å². The standard InChI is InChI=1S/C13H15N3O3/c1-19-12-10(17)5-6-16-11(12)9(7-14-16)13(18)15-8-3-2-4-8/h5-8,17H,2-4H2,1H3,(H,15,18). The summed E-state index contributed by atoms with van der Waals surface area (Å²) in [7, 11) is 1.45. The zero-order valence-corrected chi connectivity index (χ0v) is 10.6. The largest absolute Gasteiger partial charge is 0.504 e. The molecule has 1 amide bonds. The van der Waals surface area contributed by atoms with Gasteiger partial charge in [0, 0.05) is 18.3 Å². The van der Waals surface area contributed by atoms with Gasteiger partial charge in [0.2, 0.25) is 0 Å². The topological polar surface area (TPSA) is 75.9 Å². The van der Waals surface area contributed by atoms with Crippen LogP contribution in [0.3, 0.4) is 0 Å². The first-order chi connectivity index (χ1) is 9.20. The molecule has 0 aliphatic heterocycles. The number of amides is 1. The zero-order chi connectivity index (χ0) is 13.4. The van der Waals surface area contributed by atoms with E-state index in [1.54, 1.807) is 6.20 Å². The summed E-state index contributed by atoms with van der Waals surface area (Å²) in [5.74, 6) is 0.0792. The fourth-order valence-electron chi connectivity index (χ4n) is 2.22. The molecule has 1 fully saturated rings. The maximum absolute atomic E-state index is 12.2. The SMILES string of the molecule is COc1c(O)ccn2ncc(C(=O)NC3CCC3)c12. The first kappa shape index (κ1) is 11.8. The lowest BCUT2D eigenvalue weighted by Gasteiger charge is -2.26. The van der Waals surface area contributed by atoms with Gasteiger partial charge in [-0.15, -0.1) is 0 Å². The summed E-state index contributed by atoms with van der Waals surface area (Å²) in [6.07, 6.45) is 6.28. The molecule has 19 heavy (non-hydrogen) atoms. The van der Waals surface area contributed by atoms with Crippen LogP contribution in [-0.2, 0) is 0 Å². The fraction of sp³-hybridized carbons (Fsp3) is 0.385. The first-order valence-electron chi connectivity index (χ1n) is 6.25.